The molecular weight excluding hydrogens is 432 g/mol. The van der Waals surface area contributed by atoms with Crippen LogP contribution in [0.1, 0.15) is 5.56 Å². The molecule has 0 bridgehead atoms. The number of aromatic nitrogens is 4. The van der Waals surface area contributed by atoms with Gasteiger partial charge in [0.05, 0.1) is 37.7 Å². The Morgan fingerprint density at radius 1 is 1.00 bits per heavy atom. The van der Waals surface area contributed by atoms with Gasteiger partial charge in [-0.05, 0) is 0 Å². The van der Waals surface area contributed by atoms with Crippen LogP contribution in [0.4, 0.5) is 29.3 Å². The Labute approximate surface area is 180 Å². The lowest BCUT2D eigenvalue weighted by Crippen LogP contribution is -2.38. The maximum absolute atomic E-state index is 13.7. The average Bonchev–Trinajstić information content (AvgIpc) is 3.25. The Morgan fingerprint density at radius 2 is 1.69 bits per heavy atom. The average molecular weight is 452 g/mol. The number of anilines is 2. The van der Waals surface area contributed by atoms with E-state index in [4.69, 9.17) is 9.47 Å². The molecule has 1 aliphatic rings. The molecule has 1 saturated heterocycles. The fraction of sp³-hybridized carbons (Fsp3) is 0.350. The number of hydrogen-bond acceptors (Lipinski definition) is 7. The third-order valence-corrected chi connectivity index (χ3v) is 4.84. The topological polar surface area (TPSA) is 77.3 Å². The van der Waals surface area contributed by atoms with Crippen molar-refractivity contribution in [2.45, 2.75) is 13.2 Å². The molecule has 1 N–H and O–H groups in total. The van der Waals surface area contributed by atoms with Crippen LogP contribution >= 0.6 is 0 Å². The van der Waals surface area contributed by atoms with Crippen molar-refractivity contribution < 1.29 is 27.0 Å². The number of hydrogen-bond donors (Lipinski definition) is 1. The fourth-order valence-corrected chi connectivity index (χ4v) is 3.10. The molecule has 8 nitrogen and oxygen atoms in total. The van der Waals surface area contributed by atoms with Crippen molar-refractivity contribution in [1.29, 1.82) is 0 Å². The highest BCUT2D eigenvalue weighted by Crippen LogP contribution is 2.21. The van der Waals surface area contributed by atoms with E-state index in [2.05, 4.69) is 25.3 Å². The summed E-state index contributed by atoms with van der Waals surface area (Å²) < 4.78 is 66.2. The summed E-state index contributed by atoms with van der Waals surface area (Å²) in [5.74, 6) is -5.18. The summed E-state index contributed by atoms with van der Waals surface area (Å²) in [5.41, 5.74) is -0.854. The number of morpholine rings is 1. The van der Waals surface area contributed by atoms with Crippen molar-refractivity contribution >= 4 is 11.8 Å². The SMILES string of the molecule is Fc1cc(F)c(F)c(COc2cnc(Nc3ccn(CCN4CCOCC4)n3)nc2)c1F. The van der Waals surface area contributed by atoms with Gasteiger partial charge in [-0.2, -0.15) is 5.10 Å². The number of rotatable bonds is 8. The van der Waals surface area contributed by atoms with Crippen LogP contribution in [0.2, 0.25) is 0 Å². The van der Waals surface area contributed by atoms with E-state index in [0.717, 1.165) is 39.4 Å². The van der Waals surface area contributed by atoms with E-state index in [1.54, 1.807) is 10.7 Å². The van der Waals surface area contributed by atoms with E-state index in [9.17, 15) is 17.6 Å². The van der Waals surface area contributed by atoms with E-state index in [-0.39, 0.29) is 17.8 Å². The lowest BCUT2D eigenvalue weighted by molar-refractivity contribution is 0.0360. The van der Waals surface area contributed by atoms with E-state index in [1.165, 1.54) is 12.4 Å². The molecule has 3 aromatic rings. The van der Waals surface area contributed by atoms with Crippen molar-refractivity contribution in [3.05, 3.63) is 59.6 Å². The summed E-state index contributed by atoms with van der Waals surface area (Å²) in [6.45, 7) is 4.16. The number of halogens is 4. The molecule has 170 valence electrons. The Bertz CT molecular complexity index is 1030. The highest BCUT2D eigenvalue weighted by atomic mass is 19.2. The lowest BCUT2D eigenvalue weighted by atomic mass is 10.2. The van der Waals surface area contributed by atoms with Crippen LogP contribution in [0.3, 0.4) is 0 Å². The molecule has 3 heterocycles. The van der Waals surface area contributed by atoms with Crippen LogP contribution in [0.15, 0.2) is 30.7 Å². The maximum atomic E-state index is 13.7. The Hall–Kier alpha value is -3.25. The minimum absolute atomic E-state index is 0.0649. The Balaban J connectivity index is 1.30. The van der Waals surface area contributed by atoms with Gasteiger partial charge in [0.2, 0.25) is 5.95 Å². The summed E-state index contributed by atoms with van der Waals surface area (Å²) >= 11 is 0. The largest absolute Gasteiger partial charge is 0.485 e. The zero-order valence-electron chi connectivity index (χ0n) is 16.9. The molecule has 1 fully saturated rings. The molecule has 32 heavy (non-hydrogen) atoms. The van der Waals surface area contributed by atoms with E-state index >= 15 is 0 Å². The van der Waals surface area contributed by atoms with Crippen LogP contribution in [-0.2, 0) is 17.9 Å². The van der Waals surface area contributed by atoms with Crippen LogP contribution in [0.5, 0.6) is 5.75 Å². The minimum Gasteiger partial charge on any atom is -0.485 e. The van der Waals surface area contributed by atoms with Gasteiger partial charge in [-0.15, -0.1) is 0 Å². The van der Waals surface area contributed by atoms with Gasteiger partial charge >= 0.3 is 0 Å². The highest BCUT2D eigenvalue weighted by molar-refractivity contribution is 5.46. The standard InChI is InChI=1S/C20H20F4N6O2/c21-15-9-16(22)19(24)14(18(15)23)12-32-13-10-25-20(26-11-13)27-17-1-2-30(28-17)4-3-29-5-7-31-8-6-29/h1-2,9-11H,3-8,12H2,(H,25,26,27,28). The number of benzene rings is 1. The van der Waals surface area contributed by atoms with Crippen molar-refractivity contribution in [2.75, 3.05) is 38.2 Å². The summed E-state index contributed by atoms with van der Waals surface area (Å²) in [6, 6.07) is 1.92. The fourth-order valence-electron chi connectivity index (χ4n) is 3.10. The summed E-state index contributed by atoms with van der Waals surface area (Å²) in [5, 5.41) is 7.34. The molecule has 1 aromatic carbocycles. The van der Waals surface area contributed by atoms with Gasteiger partial charge in [0.15, 0.2) is 34.8 Å². The lowest BCUT2D eigenvalue weighted by Gasteiger charge is -2.26. The first kappa shape index (κ1) is 22.0. The van der Waals surface area contributed by atoms with Crippen molar-refractivity contribution in [1.82, 2.24) is 24.6 Å². The number of nitrogens with one attached hydrogen (secondary N) is 1. The van der Waals surface area contributed by atoms with Gasteiger partial charge in [-0.25, -0.2) is 27.5 Å². The highest BCUT2D eigenvalue weighted by Gasteiger charge is 2.19. The van der Waals surface area contributed by atoms with Crippen molar-refractivity contribution in [3.8, 4) is 5.75 Å². The van der Waals surface area contributed by atoms with Gasteiger partial charge in [-0.3, -0.25) is 9.58 Å². The molecule has 0 aliphatic carbocycles. The normalized spacial score (nSPS) is 14.5. The number of ether oxygens (including phenoxy) is 2. The van der Waals surface area contributed by atoms with Crippen molar-refractivity contribution in [3.63, 3.8) is 0 Å². The molecule has 12 heteroatoms. The first-order valence-corrected chi connectivity index (χ1v) is 9.87. The molecule has 1 aliphatic heterocycles. The van der Waals surface area contributed by atoms with E-state index in [0.29, 0.717) is 5.82 Å². The predicted octanol–water partition coefficient (Wildman–Crippen LogP) is 2.88. The zero-order valence-corrected chi connectivity index (χ0v) is 16.9. The van der Waals surface area contributed by atoms with Gasteiger partial charge in [0, 0.05) is 38.0 Å². The van der Waals surface area contributed by atoms with Gasteiger partial charge in [0.1, 0.15) is 6.61 Å². The van der Waals surface area contributed by atoms with Gasteiger partial charge < -0.3 is 14.8 Å². The molecule has 0 atom stereocenters. The Kier molecular flexibility index (Phi) is 6.81. The van der Waals surface area contributed by atoms with Gasteiger partial charge in [-0.1, -0.05) is 0 Å². The Morgan fingerprint density at radius 3 is 2.38 bits per heavy atom. The number of nitrogens with zero attached hydrogens (tertiary/aromatic N) is 5. The zero-order chi connectivity index (χ0) is 22.5. The molecule has 0 radical (unpaired) electrons. The monoisotopic (exact) mass is 452 g/mol. The molecular formula is C20H20F4N6O2. The van der Waals surface area contributed by atoms with Crippen LogP contribution < -0.4 is 10.1 Å². The van der Waals surface area contributed by atoms with Gasteiger partial charge in [0.25, 0.3) is 0 Å². The second kappa shape index (κ2) is 9.92. The molecule has 0 spiro atoms. The smallest absolute Gasteiger partial charge is 0.228 e. The first-order chi connectivity index (χ1) is 15.5. The summed E-state index contributed by atoms with van der Waals surface area (Å²) in [6.07, 6.45) is 4.36. The molecule has 2 aromatic heterocycles. The second-order valence-corrected chi connectivity index (χ2v) is 7.02. The minimum atomic E-state index is -1.51. The van der Waals surface area contributed by atoms with Crippen LogP contribution in [-0.4, -0.2) is 57.5 Å². The van der Waals surface area contributed by atoms with Crippen molar-refractivity contribution in [2.24, 2.45) is 0 Å². The maximum Gasteiger partial charge on any atom is 0.228 e. The first-order valence-electron chi connectivity index (χ1n) is 9.87. The molecule has 4 rings (SSSR count). The summed E-state index contributed by atoms with van der Waals surface area (Å²) in [4.78, 5) is 10.4. The van der Waals surface area contributed by atoms with Crippen LogP contribution in [0, 0.1) is 23.3 Å². The molecule has 0 unspecified atom stereocenters. The third-order valence-electron chi connectivity index (χ3n) is 4.84. The molecule has 0 amide bonds. The van der Waals surface area contributed by atoms with Crippen LogP contribution in [0.25, 0.3) is 0 Å². The molecule has 0 saturated carbocycles. The third kappa shape index (κ3) is 5.32. The van der Waals surface area contributed by atoms with E-state index in [1.807, 2.05) is 6.20 Å². The predicted molar refractivity (Wildman–Crippen MR) is 105 cm³/mol. The summed E-state index contributed by atoms with van der Waals surface area (Å²) in [7, 11) is 0. The second-order valence-electron chi connectivity index (χ2n) is 7.02. The quantitative estimate of drug-likeness (QED) is 0.416. The van der Waals surface area contributed by atoms with E-state index < -0.39 is 35.4 Å².